The number of hydrogen-bond acceptors (Lipinski definition) is 4. The summed E-state index contributed by atoms with van der Waals surface area (Å²) in [4.78, 5) is 10.5. The van der Waals surface area contributed by atoms with Gasteiger partial charge in [-0.2, -0.15) is 8.42 Å². The molecule has 13 heavy (non-hydrogen) atoms. The minimum Gasteiger partial charge on any atom is -0.481 e. The van der Waals surface area contributed by atoms with Crippen LogP contribution in [-0.4, -0.2) is 35.5 Å². The van der Waals surface area contributed by atoms with Gasteiger partial charge in [0.2, 0.25) is 0 Å². The van der Waals surface area contributed by atoms with Gasteiger partial charge in [0.05, 0.1) is 5.92 Å². The molecule has 0 radical (unpaired) electrons. The maximum Gasteiger partial charge on any atom is 0.308 e. The van der Waals surface area contributed by atoms with Crippen LogP contribution in [0.3, 0.4) is 0 Å². The molecule has 0 saturated carbocycles. The van der Waals surface area contributed by atoms with E-state index < -0.39 is 27.3 Å². The quantitative estimate of drug-likeness (QED) is 0.435. The molecule has 0 rings (SSSR count). The molecular formula is C6H11NO5S. The molecule has 0 amide bonds. The van der Waals surface area contributed by atoms with Crippen LogP contribution in [-0.2, 0) is 14.9 Å². The molecular weight excluding hydrogens is 198 g/mol. The SMILES string of the molecule is CCC(C(=O)O)C(C=N)S(=O)(=O)O. The Morgan fingerprint density at radius 2 is 2.08 bits per heavy atom. The van der Waals surface area contributed by atoms with Gasteiger partial charge in [-0.25, -0.2) is 0 Å². The van der Waals surface area contributed by atoms with Gasteiger partial charge < -0.3 is 10.5 Å². The summed E-state index contributed by atoms with van der Waals surface area (Å²) in [6, 6.07) is 0. The third-order valence-electron chi connectivity index (χ3n) is 1.66. The molecule has 0 aliphatic carbocycles. The summed E-state index contributed by atoms with van der Waals surface area (Å²) in [7, 11) is -4.50. The molecule has 2 unspecified atom stereocenters. The molecule has 0 aromatic rings. The molecule has 0 saturated heterocycles. The van der Waals surface area contributed by atoms with Gasteiger partial charge >= 0.3 is 5.97 Å². The van der Waals surface area contributed by atoms with Crippen LogP contribution in [0.5, 0.6) is 0 Å². The van der Waals surface area contributed by atoms with Gasteiger partial charge in [-0.3, -0.25) is 9.35 Å². The molecule has 0 heterocycles. The van der Waals surface area contributed by atoms with E-state index in [-0.39, 0.29) is 6.42 Å². The highest BCUT2D eigenvalue weighted by Crippen LogP contribution is 2.14. The van der Waals surface area contributed by atoms with Crippen molar-refractivity contribution in [2.24, 2.45) is 5.92 Å². The van der Waals surface area contributed by atoms with E-state index >= 15 is 0 Å². The van der Waals surface area contributed by atoms with Crippen LogP contribution in [0.4, 0.5) is 0 Å². The first-order valence-corrected chi connectivity index (χ1v) is 5.04. The van der Waals surface area contributed by atoms with Crippen molar-refractivity contribution in [1.29, 1.82) is 5.41 Å². The first-order valence-electron chi connectivity index (χ1n) is 3.54. The number of nitrogens with one attached hydrogen (secondary N) is 1. The third kappa shape index (κ3) is 3.11. The summed E-state index contributed by atoms with van der Waals surface area (Å²) in [6.07, 6.45) is 0.465. The molecule has 76 valence electrons. The zero-order chi connectivity index (χ0) is 10.6. The summed E-state index contributed by atoms with van der Waals surface area (Å²) in [6.45, 7) is 1.47. The van der Waals surface area contributed by atoms with Gasteiger partial charge in [-0.1, -0.05) is 6.92 Å². The maximum absolute atomic E-state index is 10.6. The van der Waals surface area contributed by atoms with Crippen LogP contribution in [0.25, 0.3) is 0 Å². The topological polar surface area (TPSA) is 116 Å². The van der Waals surface area contributed by atoms with Crippen molar-refractivity contribution >= 4 is 22.3 Å². The Hall–Kier alpha value is -0.950. The Bertz CT molecular complexity index is 296. The van der Waals surface area contributed by atoms with E-state index in [4.69, 9.17) is 15.1 Å². The van der Waals surface area contributed by atoms with Crippen molar-refractivity contribution in [3.8, 4) is 0 Å². The molecule has 0 aliphatic heterocycles. The van der Waals surface area contributed by atoms with Crippen LogP contribution in [0.15, 0.2) is 0 Å². The summed E-state index contributed by atoms with van der Waals surface area (Å²) < 4.78 is 29.8. The minimum atomic E-state index is -4.50. The van der Waals surface area contributed by atoms with Crippen LogP contribution in [0, 0.1) is 11.3 Å². The number of aliphatic carboxylic acids is 1. The van der Waals surface area contributed by atoms with Crippen molar-refractivity contribution in [3.05, 3.63) is 0 Å². The smallest absolute Gasteiger partial charge is 0.308 e. The second-order valence-corrected chi connectivity index (χ2v) is 4.07. The van der Waals surface area contributed by atoms with Gasteiger partial charge in [0, 0.05) is 6.21 Å². The average molecular weight is 209 g/mol. The lowest BCUT2D eigenvalue weighted by atomic mass is 10.0. The highest BCUT2D eigenvalue weighted by atomic mass is 32.2. The fourth-order valence-electron chi connectivity index (χ4n) is 0.957. The lowest BCUT2D eigenvalue weighted by Crippen LogP contribution is -2.35. The number of carboxylic acid groups (broad SMARTS) is 1. The number of carboxylic acids is 1. The Morgan fingerprint density at radius 1 is 1.62 bits per heavy atom. The molecule has 0 aliphatic rings. The van der Waals surface area contributed by atoms with Crippen LogP contribution >= 0.6 is 0 Å². The lowest BCUT2D eigenvalue weighted by Gasteiger charge is -2.14. The van der Waals surface area contributed by atoms with E-state index in [1.807, 2.05) is 0 Å². The van der Waals surface area contributed by atoms with Crippen LogP contribution in [0.1, 0.15) is 13.3 Å². The van der Waals surface area contributed by atoms with E-state index in [1.54, 1.807) is 0 Å². The molecule has 0 fully saturated rings. The fourth-order valence-corrected chi connectivity index (χ4v) is 1.85. The predicted octanol–water partition coefficient (Wildman–Crippen LogP) is 0.00317. The normalized spacial score (nSPS) is 16.2. The molecule has 0 spiro atoms. The van der Waals surface area contributed by atoms with Gasteiger partial charge in [0.25, 0.3) is 10.1 Å². The van der Waals surface area contributed by atoms with Crippen molar-refractivity contribution in [2.75, 3.05) is 0 Å². The van der Waals surface area contributed by atoms with Crippen LogP contribution < -0.4 is 0 Å². The first-order chi connectivity index (χ1) is 5.84. The molecule has 6 nitrogen and oxygen atoms in total. The largest absolute Gasteiger partial charge is 0.481 e. The highest BCUT2D eigenvalue weighted by Gasteiger charge is 2.34. The van der Waals surface area contributed by atoms with E-state index in [0.717, 1.165) is 0 Å². The first kappa shape index (κ1) is 12.0. The van der Waals surface area contributed by atoms with E-state index in [0.29, 0.717) is 6.21 Å². The molecule has 0 bridgehead atoms. The molecule has 0 aromatic carbocycles. The van der Waals surface area contributed by atoms with Gasteiger partial charge in [0.15, 0.2) is 0 Å². The van der Waals surface area contributed by atoms with Crippen molar-refractivity contribution in [1.82, 2.24) is 0 Å². The number of rotatable bonds is 5. The van der Waals surface area contributed by atoms with Gasteiger partial charge in [0.1, 0.15) is 5.25 Å². The van der Waals surface area contributed by atoms with E-state index in [9.17, 15) is 13.2 Å². The van der Waals surface area contributed by atoms with E-state index in [2.05, 4.69) is 0 Å². The van der Waals surface area contributed by atoms with E-state index in [1.165, 1.54) is 6.92 Å². The molecule has 2 atom stereocenters. The highest BCUT2D eigenvalue weighted by molar-refractivity contribution is 7.87. The minimum absolute atomic E-state index is 0.0369. The molecule has 7 heteroatoms. The van der Waals surface area contributed by atoms with Gasteiger partial charge in [-0.05, 0) is 6.42 Å². The summed E-state index contributed by atoms with van der Waals surface area (Å²) in [5.41, 5.74) is 0. The zero-order valence-electron chi connectivity index (χ0n) is 6.97. The second-order valence-electron chi connectivity index (χ2n) is 2.50. The summed E-state index contributed by atoms with van der Waals surface area (Å²) in [5.74, 6) is -2.61. The predicted molar refractivity (Wildman–Crippen MR) is 45.5 cm³/mol. The van der Waals surface area contributed by atoms with Crippen molar-refractivity contribution in [3.63, 3.8) is 0 Å². The molecule has 0 aromatic heterocycles. The lowest BCUT2D eigenvalue weighted by molar-refractivity contribution is -0.141. The monoisotopic (exact) mass is 209 g/mol. The average Bonchev–Trinajstić information content (AvgIpc) is 1.96. The van der Waals surface area contributed by atoms with Crippen molar-refractivity contribution < 1.29 is 22.9 Å². The Morgan fingerprint density at radius 3 is 2.15 bits per heavy atom. The third-order valence-corrected chi connectivity index (χ3v) is 2.81. The number of hydrogen-bond donors (Lipinski definition) is 3. The Balaban J connectivity index is 4.96. The van der Waals surface area contributed by atoms with Crippen molar-refractivity contribution in [2.45, 2.75) is 18.6 Å². The Labute approximate surface area is 75.8 Å². The Kier molecular flexibility index (Phi) is 4.02. The second kappa shape index (κ2) is 4.33. The maximum atomic E-state index is 10.6. The number of carbonyl (C=O) groups is 1. The van der Waals surface area contributed by atoms with Gasteiger partial charge in [-0.15, -0.1) is 0 Å². The molecule has 3 N–H and O–H groups in total. The fraction of sp³-hybridized carbons (Fsp3) is 0.667. The summed E-state index contributed by atoms with van der Waals surface area (Å²) in [5, 5.41) is 13.6. The summed E-state index contributed by atoms with van der Waals surface area (Å²) >= 11 is 0. The zero-order valence-corrected chi connectivity index (χ0v) is 7.78. The van der Waals surface area contributed by atoms with Crippen LogP contribution in [0.2, 0.25) is 0 Å². The standard InChI is InChI=1S/C6H11NO5S/c1-2-4(6(8)9)5(3-7)13(10,11)12/h3-5,7H,2H2,1H3,(H,8,9)(H,10,11,12).